The number of nitrogens with zero attached hydrogens (tertiary/aromatic N) is 1. The highest BCUT2D eigenvalue weighted by molar-refractivity contribution is 5.94. The highest BCUT2D eigenvalue weighted by atomic mass is 16.2. The molecule has 0 atom stereocenters. The molecule has 7 heteroatoms. The van der Waals surface area contributed by atoms with Gasteiger partial charge in [-0.25, -0.2) is 0 Å². The van der Waals surface area contributed by atoms with Gasteiger partial charge in [-0.1, -0.05) is 42.5 Å². The second-order valence-corrected chi connectivity index (χ2v) is 8.50. The van der Waals surface area contributed by atoms with Crippen LogP contribution in [0.4, 0.5) is 17.1 Å². The Kier molecular flexibility index (Phi) is 9.42. The number of aryl methyl sites for hydroxylation is 2. The number of hydrogen-bond donors (Lipinski definition) is 3. The molecule has 3 N–H and O–H groups in total. The van der Waals surface area contributed by atoms with Crippen molar-refractivity contribution in [2.24, 2.45) is 0 Å². The average Bonchev–Trinajstić information content (AvgIpc) is 2.86. The Morgan fingerprint density at radius 2 is 1.29 bits per heavy atom. The Morgan fingerprint density at radius 3 is 2.00 bits per heavy atom. The summed E-state index contributed by atoms with van der Waals surface area (Å²) in [5.41, 5.74) is 4.31. The van der Waals surface area contributed by atoms with Gasteiger partial charge in [0, 0.05) is 44.0 Å². The van der Waals surface area contributed by atoms with Crippen molar-refractivity contribution in [3.63, 3.8) is 0 Å². The van der Waals surface area contributed by atoms with Gasteiger partial charge in [-0.05, 0) is 60.4 Å². The van der Waals surface area contributed by atoms with Crippen molar-refractivity contribution in [1.29, 1.82) is 0 Å². The molecule has 35 heavy (non-hydrogen) atoms. The summed E-state index contributed by atoms with van der Waals surface area (Å²) in [4.78, 5) is 37.9. The van der Waals surface area contributed by atoms with Crippen LogP contribution in [0.25, 0.3) is 0 Å². The third-order valence-electron chi connectivity index (χ3n) is 5.44. The van der Waals surface area contributed by atoms with Gasteiger partial charge < -0.3 is 20.9 Å². The van der Waals surface area contributed by atoms with Gasteiger partial charge in [0.2, 0.25) is 17.7 Å². The minimum atomic E-state index is -0.176. The van der Waals surface area contributed by atoms with Crippen LogP contribution in [-0.4, -0.2) is 43.3 Å². The van der Waals surface area contributed by atoms with E-state index < -0.39 is 0 Å². The fraction of sp³-hybridized carbons (Fsp3) is 0.250. The molecule has 0 saturated heterocycles. The quantitative estimate of drug-likeness (QED) is 0.387. The number of carbonyl (C=O) groups excluding carboxylic acids is 3. The summed E-state index contributed by atoms with van der Waals surface area (Å²) in [5, 5.41) is 8.85. The third kappa shape index (κ3) is 8.97. The summed E-state index contributed by atoms with van der Waals surface area (Å²) in [6, 6.07) is 24.7. The lowest BCUT2D eigenvalue weighted by Crippen LogP contribution is -2.22. The van der Waals surface area contributed by atoms with Gasteiger partial charge in [-0.3, -0.25) is 14.4 Å². The maximum Gasteiger partial charge on any atom is 0.243 e. The second-order valence-electron chi connectivity index (χ2n) is 8.50. The fourth-order valence-electron chi connectivity index (χ4n) is 3.46. The molecule has 0 unspecified atom stereocenters. The van der Waals surface area contributed by atoms with Crippen LogP contribution in [-0.2, 0) is 27.2 Å². The van der Waals surface area contributed by atoms with E-state index in [4.69, 9.17) is 0 Å². The number of anilines is 3. The standard InChI is InChI=1S/C28H32N4O3/c1-32(2)28(35)18-12-22-9-6-10-25(19-22)31-27(34)20-29-23-13-15-24(16-14-23)30-26(33)17-11-21-7-4-3-5-8-21/h3-10,13-16,19,29H,11-12,17-18,20H2,1-2H3,(H,30,33)(H,31,34). The molecule has 0 aliphatic heterocycles. The molecule has 0 spiro atoms. The maximum absolute atomic E-state index is 12.4. The monoisotopic (exact) mass is 472 g/mol. The van der Waals surface area contributed by atoms with E-state index >= 15 is 0 Å². The summed E-state index contributed by atoms with van der Waals surface area (Å²) < 4.78 is 0. The van der Waals surface area contributed by atoms with Gasteiger partial charge in [0.05, 0.1) is 6.54 Å². The normalized spacial score (nSPS) is 10.3. The number of carbonyl (C=O) groups is 3. The minimum Gasteiger partial charge on any atom is -0.376 e. The van der Waals surface area contributed by atoms with Crippen LogP contribution in [0.1, 0.15) is 24.0 Å². The van der Waals surface area contributed by atoms with E-state index in [-0.39, 0.29) is 24.3 Å². The van der Waals surface area contributed by atoms with Crippen LogP contribution in [0, 0.1) is 0 Å². The van der Waals surface area contributed by atoms with Crippen LogP contribution < -0.4 is 16.0 Å². The molecule has 0 fully saturated rings. The number of amides is 3. The van der Waals surface area contributed by atoms with E-state index in [1.165, 1.54) is 0 Å². The van der Waals surface area contributed by atoms with Crippen molar-refractivity contribution in [2.75, 3.05) is 36.6 Å². The zero-order valence-electron chi connectivity index (χ0n) is 20.2. The Labute approximate surface area is 206 Å². The Bertz CT molecular complexity index is 1130. The van der Waals surface area contributed by atoms with Crippen LogP contribution in [0.15, 0.2) is 78.9 Å². The first kappa shape index (κ1) is 25.5. The van der Waals surface area contributed by atoms with E-state index in [0.29, 0.717) is 37.1 Å². The Hall–Kier alpha value is -4.13. The number of benzene rings is 3. The van der Waals surface area contributed by atoms with Gasteiger partial charge in [0.15, 0.2) is 0 Å². The lowest BCUT2D eigenvalue weighted by Gasteiger charge is -2.11. The largest absolute Gasteiger partial charge is 0.376 e. The van der Waals surface area contributed by atoms with Crippen LogP contribution in [0.2, 0.25) is 0 Å². The zero-order chi connectivity index (χ0) is 25.0. The van der Waals surface area contributed by atoms with Gasteiger partial charge >= 0.3 is 0 Å². The van der Waals surface area contributed by atoms with Crippen molar-refractivity contribution < 1.29 is 14.4 Å². The van der Waals surface area contributed by atoms with Crippen molar-refractivity contribution in [2.45, 2.75) is 25.7 Å². The first-order valence-corrected chi connectivity index (χ1v) is 11.7. The smallest absolute Gasteiger partial charge is 0.243 e. The van der Waals surface area contributed by atoms with Gasteiger partial charge in [-0.15, -0.1) is 0 Å². The second kappa shape index (κ2) is 12.9. The highest BCUT2D eigenvalue weighted by Gasteiger charge is 2.07. The van der Waals surface area contributed by atoms with E-state index in [0.717, 1.165) is 16.8 Å². The van der Waals surface area contributed by atoms with Crippen LogP contribution in [0.3, 0.4) is 0 Å². The summed E-state index contributed by atoms with van der Waals surface area (Å²) in [6.07, 6.45) is 2.15. The molecular weight excluding hydrogens is 440 g/mol. The maximum atomic E-state index is 12.4. The SMILES string of the molecule is CN(C)C(=O)CCc1cccc(NC(=O)CNc2ccc(NC(=O)CCc3ccccc3)cc2)c1. The van der Waals surface area contributed by atoms with Crippen LogP contribution in [0.5, 0.6) is 0 Å². The number of nitrogens with one attached hydrogen (secondary N) is 3. The molecular formula is C28H32N4O3. The predicted octanol–water partition coefficient (Wildman–Crippen LogP) is 4.33. The minimum absolute atomic E-state index is 0.0396. The van der Waals surface area contributed by atoms with Crippen molar-refractivity contribution in [3.05, 3.63) is 90.0 Å². The molecule has 0 heterocycles. The van der Waals surface area contributed by atoms with Crippen molar-refractivity contribution in [3.8, 4) is 0 Å². The molecule has 0 bridgehead atoms. The lowest BCUT2D eigenvalue weighted by molar-refractivity contribution is -0.128. The molecule has 0 aromatic heterocycles. The summed E-state index contributed by atoms with van der Waals surface area (Å²) in [6.45, 7) is 0.103. The summed E-state index contributed by atoms with van der Waals surface area (Å²) in [5.74, 6) is -0.145. The molecule has 0 aliphatic carbocycles. The molecule has 3 aromatic carbocycles. The fourth-order valence-corrected chi connectivity index (χ4v) is 3.46. The molecule has 0 saturated carbocycles. The van der Waals surface area contributed by atoms with E-state index in [1.54, 1.807) is 31.1 Å². The van der Waals surface area contributed by atoms with Crippen LogP contribution >= 0.6 is 0 Å². The molecule has 3 aromatic rings. The van der Waals surface area contributed by atoms with Gasteiger partial charge in [0.1, 0.15) is 0 Å². The van der Waals surface area contributed by atoms with E-state index in [2.05, 4.69) is 16.0 Å². The summed E-state index contributed by atoms with van der Waals surface area (Å²) in [7, 11) is 3.48. The number of rotatable bonds is 11. The van der Waals surface area contributed by atoms with Gasteiger partial charge in [-0.2, -0.15) is 0 Å². The topological polar surface area (TPSA) is 90.5 Å². The molecule has 7 nitrogen and oxygen atoms in total. The zero-order valence-corrected chi connectivity index (χ0v) is 20.2. The number of hydrogen-bond acceptors (Lipinski definition) is 4. The molecule has 0 aliphatic rings. The Balaban J connectivity index is 1.41. The highest BCUT2D eigenvalue weighted by Crippen LogP contribution is 2.15. The molecule has 182 valence electrons. The van der Waals surface area contributed by atoms with Gasteiger partial charge in [0.25, 0.3) is 0 Å². The average molecular weight is 473 g/mol. The summed E-state index contributed by atoms with van der Waals surface area (Å²) >= 11 is 0. The van der Waals surface area contributed by atoms with Crippen molar-refractivity contribution >= 4 is 34.8 Å². The molecule has 3 rings (SSSR count). The first-order valence-electron chi connectivity index (χ1n) is 11.7. The predicted molar refractivity (Wildman–Crippen MR) is 140 cm³/mol. The van der Waals surface area contributed by atoms with E-state index in [1.807, 2.05) is 66.7 Å². The molecule has 3 amide bonds. The van der Waals surface area contributed by atoms with E-state index in [9.17, 15) is 14.4 Å². The third-order valence-corrected chi connectivity index (χ3v) is 5.44. The Morgan fingerprint density at radius 1 is 0.657 bits per heavy atom. The first-order chi connectivity index (χ1) is 16.9. The molecule has 0 radical (unpaired) electrons. The lowest BCUT2D eigenvalue weighted by atomic mass is 10.1. The van der Waals surface area contributed by atoms with Crippen molar-refractivity contribution in [1.82, 2.24) is 4.90 Å².